The highest BCUT2D eigenvalue weighted by atomic mass is 16.5. The number of pyridine rings is 2. The Morgan fingerprint density at radius 2 is 1.66 bits per heavy atom. The molecule has 1 aliphatic carbocycles. The second-order valence-electron chi connectivity index (χ2n) is 11.1. The molecule has 3 aromatic heterocycles. The highest BCUT2D eigenvalue weighted by molar-refractivity contribution is 5.99. The van der Waals surface area contributed by atoms with Crippen LogP contribution in [-0.2, 0) is 4.74 Å². The minimum atomic E-state index is 0.0360. The van der Waals surface area contributed by atoms with Crippen LogP contribution in [-0.4, -0.2) is 89.8 Å². The molecule has 3 aliphatic rings. The first-order chi connectivity index (χ1) is 18.6. The quantitative estimate of drug-likeness (QED) is 0.523. The Labute approximate surface area is 224 Å². The fraction of sp³-hybridized carbons (Fsp3) is 0.552. The van der Waals surface area contributed by atoms with E-state index < -0.39 is 0 Å². The van der Waals surface area contributed by atoms with Crippen LogP contribution in [0.3, 0.4) is 0 Å². The number of anilines is 3. The number of nitrogens with zero attached hydrogens (tertiary/aromatic N) is 6. The molecule has 6 rings (SSSR count). The number of amides is 1. The number of ether oxygens (including phenoxy) is 1. The minimum Gasteiger partial charge on any atom is -0.379 e. The first-order valence-corrected chi connectivity index (χ1v) is 14.1. The van der Waals surface area contributed by atoms with Crippen LogP contribution in [0.4, 0.5) is 17.3 Å². The lowest BCUT2D eigenvalue weighted by atomic mass is 10.0. The predicted molar refractivity (Wildman–Crippen MR) is 150 cm³/mol. The van der Waals surface area contributed by atoms with Crippen molar-refractivity contribution in [2.75, 3.05) is 63.7 Å². The van der Waals surface area contributed by atoms with Crippen molar-refractivity contribution in [2.45, 2.75) is 50.6 Å². The van der Waals surface area contributed by atoms with Crippen molar-refractivity contribution in [1.29, 1.82) is 0 Å². The van der Waals surface area contributed by atoms with Gasteiger partial charge in [0.25, 0.3) is 5.91 Å². The van der Waals surface area contributed by atoms with E-state index in [9.17, 15) is 4.79 Å². The van der Waals surface area contributed by atoms with Crippen LogP contribution in [0.15, 0.2) is 36.7 Å². The van der Waals surface area contributed by atoms with Crippen LogP contribution in [0.1, 0.15) is 55.1 Å². The lowest BCUT2D eigenvalue weighted by molar-refractivity contribution is 0.0115. The van der Waals surface area contributed by atoms with Gasteiger partial charge in [-0.2, -0.15) is 0 Å². The van der Waals surface area contributed by atoms with Crippen LogP contribution in [0.25, 0.3) is 10.9 Å². The van der Waals surface area contributed by atoms with Gasteiger partial charge in [-0.1, -0.05) is 12.8 Å². The van der Waals surface area contributed by atoms with Crippen molar-refractivity contribution >= 4 is 34.1 Å². The monoisotopic (exact) mass is 517 g/mol. The largest absolute Gasteiger partial charge is 0.379 e. The van der Waals surface area contributed by atoms with Gasteiger partial charge in [-0.15, -0.1) is 0 Å². The molecule has 3 fully saturated rings. The molecule has 3 aromatic rings. The molecule has 202 valence electrons. The van der Waals surface area contributed by atoms with Gasteiger partial charge < -0.3 is 24.4 Å². The van der Waals surface area contributed by atoms with E-state index >= 15 is 0 Å². The maximum Gasteiger partial charge on any atom is 0.270 e. The number of rotatable bonds is 6. The SMILES string of the molecule is CN(C)C(=O)c1cc2cnc(Nc3ccc(N4CCC(N5CCOCC5)CC4)cn3)cc2n1C1CCCC1. The maximum absolute atomic E-state index is 13.0. The lowest BCUT2D eigenvalue weighted by Gasteiger charge is -2.40. The Morgan fingerprint density at radius 1 is 0.921 bits per heavy atom. The Morgan fingerprint density at radius 3 is 2.34 bits per heavy atom. The van der Waals surface area contributed by atoms with Crippen molar-refractivity contribution in [3.63, 3.8) is 0 Å². The van der Waals surface area contributed by atoms with E-state index in [4.69, 9.17) is 9.72 Å². The van der Waals surface area contributed by atoms with Crippen LogP contribution >= 0.6 is 0 Å². The minimum absolute atomic E-state index is 0.0360. The Balaban J connectivity index is 1.16. The molecule has 2 aliphatic heterocycles. The summed E-state index contributed by atoms with van der Waals surface area (Å²) in [6.07, 6.45) is 10.8. The zero-order valence-electron chi connectivity index (χ0n) is 22.6. The Hall–Kier alpha value is -3.17. The molecule has 0 bridgehead atoms. The number of nitrogens with one attached hydrogen (secondary N) is 1. The van der Waals surface area contributed by atoms with Crippen LogP contribution < -0.4 is 10.2 Å². The predicted octanol–water partition coefficient (Wildman–Crippen LogP) is 4.29. The molecule has 1 saturated carbocycles. The Bertz CT molecular complexity index is 1250. The summed E-state index contributed by atoms with van der Waals surface area (Å²) in [6, 6.07) is 9.26. The van der Waals surface area contributed by atoms with Gasteiger partial charge in [-0.05, 0) is 43.9 Å². The van der Waals surface area contributed by atoms with Gasteiger partial charge in [0.1, 0.15) is 17.3 Å². The van der Waals surface area contributed by atoms with E-state index in [1.54, 1.807) is 4.90 Å². The zero-order chi connectivity index (χ0) is 26.1. The van der Waals surface area contributed by atoms with Crippen LogP contribution in [0.5, 0.6) is 0 Å². The second kappa shape index (κ2) is 10.9. The van der Waals surface area contributed by atoms with Gasteiger partial charge >= 0.3 is 0 Å². The number of piperidine rings is 1. The molecule has 0 atom stereocenters. The number of aromatic nitrogens is 3. The molecule has 0 spiro atoms. The van der Waals surface area contributed by atoms with Gasteiger partial charge in [0.05, 0.1) is 30.6 Å². The van der Waals surface area contributed by atoms with E-state index in [0.29, 0.717) is 12.1 Å². The lowest BCUT2D eigenvalue weighted by Crippen LogP contribution is -2.49. The summed E-state index contributed by atoms with van der Waals surface area (Å²) < 4.78 is 7.76. The molecular weight excluding hydrogens is 478 g/mol. The van der Waals surface area contributed by atoms with E-state index in [2.05, 4.69) is 36.8 Å². The van der Waals surface area contributed by atoms with Crippen molar-refractivity contribution < 1.29 is 9.53 Å². The van der Waals surface area contributed by atoms with Gasteiger partial charge in [0.2, 0.25) is 0 Å². The third-order valence-electron chi connectivity index (χ3n) is 8.43. The maximum atomic E-state index is 13.0. The summed E-state index contributed by atoms with van der Waals surface area (Å²) in [5, 5.41) is 4.38. The first kappa shape index (κ1) is 25.1. The molecule has 5 heterocycles. The number of carbonyl (C=O) groups is 1. The standard InChI is InChI=1S/C29H39N7O2/c1-33(2)29(37)26-17-21-19-30-28(18-25(21)36(26)23-5-3-4-6-23)32-27-8-7-24(20-31-27)34-11-9-22(10-12-34)35-13-15-38-16-14-35/h7-8,17-20,22-23H,3-6,9-16H2,1-2H3,(H,30,31,32). The average Bonchev–Trinajstić information content (AvgIpc) is 3.61. The highest BCUT2D eigenvalue weighted by Gasteiger charge is 2.27. The third-order valence-corrected chi connectivity index (χ3v) is 8.43. The summed E-state index contributed by atoms with van der Waals surface area (Å²) in [5.74, 6) is 1.55. The van der Waals surface area contributed by atoms with Crippen molar-refractivity contribution in [3.05, 3.63) is 42.4 Å². The summed E-state index contributed by atoms with van der Waals surface area (Å²) in [4.78, 5) is 29.0. The summed E-state index contributed by atoms with van der Waals surface area (Å²) in [6.45, 7) is 5.96. The van der Waals surface area contributed by atoms with Crippen molar-refractivity contribution in [3.8, 4) is 0 Å². The van der Waals surface area contributed by atoms with Crippen LogP contribution in [0.2, 0.25) is 0 Å². The molecule has 1 amide bonds. The van der Waals surface area contributed by atoms with E-state index in [0.717, 1.165) is 80.5 Å². The fourth-order valence-corrected chi connectivity index (χ4v) is 6.35. The molecule has 2 saturated heterocycles. The summed E-state index contributed by atoms with van der Waals surface area (Å²) >= 11 is 0. The van der Waals surface area contributed by atoms with Crippen molar-refractivity contribution in [1.82, 2.24) is 24.3 Å². The number of hydrogen-bond donors (Lipinski definition) is 1. The highest BCUT2D eigenvalue weighted by Crippen LogP contribution is 2.36. The fourth-order valence-electron chi connectivity index (χ4n) is 6.35. The van der Waals surface area contributed by atoms with Gasteiger partial charge in [-0.3, -0.25) is 9.69 Å². The molecule has 1 N–H and O–H groups in total. The van der Waals surface area contributed by atoms with Gasteiger partial charge in [0, 0.05) is 70.0 Å². The van der Waals surface area contributed by atoms with Crippen LogP contribution in [0, 0.1) is 0 Å². The number of morpholine rings is 1. The molecular formula is C29H39N7O2. The smallest absolute Gasteiger partial charge is 0.270 e. The van der Waals surface area contributed by atoms with E-state index in [1.807, 2.05) is 38.6 Å². The third kappa shape index (κ3) is 5.09. The topological polar surface area (TPSA) is 78.8 Å². The number of fused-ring (bicyclic) bond motifs is 1. The molecule has 0 radical (unpaired) electrons. The molecule has 9 heteroatoms. The zero-order valence-corrected chi connectivity index (χ0v) is 22.6. The average molecular weight is 518 g/mol. The number of carbonyl (C=O) groups excluding carboxylic acids is 1. The summed E-state index contributed by atoms with van der Waals surface area (Å²) in [7, 11) is 3.62. The van der Waals surface area contributed by atoms with Crippen molar-refractivity contribution in [2.24, 2.45) is 0 Å². The normalized spacial score (nSPS) is 19.8. The van der Waals surface area contributed by atoms with Gasteiger partial charge in [-0.25, -0.2) is 9.97 Å². The molecule has 38 heavy (non-hydrogen) atoms. The number of hydrogen-bond acceptors (Lipinski definition) is 7. The summed E-state index contributed by atoms with van der Waals surface area (Å²) in [5.41, 5.74) is 2.97. The van der Waals surface area contributed by atoms with E-state index in [-0.39, 0.29) is 5.91 Å². The molecule has 9 nitrogen and oxygen atoms in total. The second-order valence-corrected chi connectivity index (χ2v) is 11.1. The first-order valence-electron chi connectivity index (χ1n) is 14.1. The van der Waals surface area contributed by atoms with E-state index in [1.165, 1.54) is 31.4 Å². The molecule has 0 unspecified atom stereocenters. The van der Waals surface area contributed by atoms with Gasteiger partial charge in [0.15, 0.2) is 0 Å². The Kier molecular flexibility index (Phi) is 7.21. The molecule has 0 aromatic carbocycles.